The van der Waals surface area contributed by atoms with Gasteiger partial charge in [-0.1, -0.05) is 0 Å². The van der Waals surface area contributed by atoms with Crippen molar-refractivity contribution in [3.05, 3.63) is 78.4 Å². The molecule has 0 aliphatic carbocycles. The molecule has 172 valence electrons. The molecule has 4 aromatic rings. The lowest BCUT2D eigenvalue weighted by atomic mass is 10.2. The first-order valence-corrected chi connectivity index (χ1v) is 10.7. The number of aromatic nitrogens is 3. The number of ether oxygens (including phenoxy) is 3. The van der Waals surface area contributed by atoms with E-state index in [9.17, 15) is 4.79 Å². The highest BCUT2D eigenvalue weighted by atomic mass is 16.5. The number of benzene rings is 3. The Labute approximate surface area is 197 Å². The normalized spacial score (nSPS) is 10.4. The van der Waals surface area contributed by atoms with Gasteiger partial charge in [0.2, 0.25) is 5.95 Å². The van der Waals surface area contributed by atoms with Crippen molar-refractivity contribution in [1.29, 1.82) is 0 Å². The zero-order valence-corrected chi connectivity index (χ0v) is 19.1. The lowest BCUT2D eigenvalue weighted by molar-refractivity contribution is 0.0526. The Morgan fingerprint density at radius 1 is 0.735 bits per heavy atom. The van der Waals surface area contributed by atoms with Gasteiger partial charge in [-0.15, -0.1) is 0 Å². The maximum absolute atomic E-state index is 11.9. The van der Waals surface area contributed by atoms with E-state index in [1.807, 2.05) is 48.5 Å². The lowest BCUT2D eigenvalue weighted by Crippen LogP contribution is -2.05. The molecule has 34 heavy (non-hydrogen) atoms. The fourth-order valence-corrected chi connectivity index (χ4v) is 3.20. The Kier molecular flexibility index (Phi) is 6.98. The van der Waals surface area contributed by atoms with Gasteiger partial charge in [0.25, 0.3) is 0 Å². The quantitative estimate of drug-likeness (QED) is 0.364. The minimum atomic E-state index is -0.363. The highest BCUT2D eigenvalue weighted by molar-refractivity contribution is 5.89. The molecule has 0 fully saturated rings. The monoisotopic (exact) mass is 456 g/mol. The number of esters is 1. The molecule has 1 aromatic heterocycles. The van der Waals surface area contributed by atoms with E-state index in [-0.39, 0.29) is 5.97 Å². The number of carbonyl (C=O) groups is 1. The van der Waals surface area contributed by atoms with Gasteiger partial charge in [0.15, 0.2) is 11.6 Å². The minimum absolute atomic E-state index is 0.325. The molecule has 1 N–H and O–H groups in total. The second kappa shape index (κ2) is 10.4. The van der Waals surface area contributed by atoms with Crippen molar-refractivity contribution in [3.63, 3.8) is 0 Å². The highest BCUT2D eigenvalue weighted by Gasteiger charge is 2.12. The number of nitrogens with one attached hydrogen (secondary N) is 1. The molecule has 8 nitrogen and oxygen atoms in total. The summed E-state index contributed by atoms with van der Waals surface area (Å²) in [6.07, 6.45) is 0. The van der Waals surface area contributed by atoms with Crippen LogP contribution in [0, 0.1) is 0 Å². The first kappa shape index (κ1) is 22.7. The molecule has 0 atom stereocenters. The highest BCUT2D eigenvalue weighted by Crippen LogP contribution is 2.26. The summed E-state index contributed by atoms with van der Waals surface area (Å²) >= 11 is 0. The standard InChI is InChI=1S/C26H24N4O4/c1-4-34-25(31)19-5-11-20(12-6-19)27-26-29-23(17-7-13-21(32-2)14-8-17)28-24(30-26)18-9-15-22(33-3)16-10-18/h5-16H,4H2,1-3H3,(H,27,28,29,30). The number of methoxy groups -OCH3 is 2. The summed E-state index contributed by atoms with van der Waals surface area (Å²) in [4.78, 5) is 25.8. The molecule has 0 aliphatic rings. The Hall–Kier alpha value is -4.46. The van der Waals surface area contributed by atoms with Crippen LogP contribution in [-0.4, -0.2) is 41.7 Å². The van der Waals surface area contributed by atoms with Gasteiger partial charge in [-0.2, -0.15) is 9.97 Å². The van der Waals surface area contributed by atoms with Gasteiger partial charge in [-0.3, -0.25) is 0 Å². The minimum Gasteiger partial charge on any atom is -0.497 e. The summed E-state index contributed by atoms with van der Waals surface area (Å²) in [6, 6.07) is 21.9. The van der Waals surface area contributed by atoms with Gasteiger partial charge < -0.3 is 19.5 Å². The molecule has 0 radical (unpaired) electrons. The maximum Gasteiger partial charge on any atom is 0.338 e. The Morgan fingerprint density at radius 3 is 1.68 bits per heavy atom. The summed E-state index contributed by atoms with van der Waals surface area (Å²) < 4.78 is 15.5. The van der Waals surface area contributed by atoms with E-state index in [2.05, 4.69) is 20.3 Å². The van der Waals surface area contributed by atoms with E-state index in [4.69, 9.17) is 14.2 Å². The predicted octanol–water partition coefficient (Wildman–Crippen LogP) is 5.14. The largest absolute Gasteiger partial charge is 0.497 e. The van der Waals surface area contributed by atoms with E-state index < -0.39 is 0 Å². The molecular weight excluding hydrogens is 432 g/mol. The lowest BCUT2D eigenvalue weighted by Gasteiger charge is -2.11. The smallest absolute Gasteiger partial charge is 0.338 e. The third kappa shape index (κ3) is 5.29. The summed E-state index contributed by atoms with van der Waals surface area (Å²) in [5, 5.41) is 3.20. The van der Waals surface area contributed by atoms with Crippen molar-refractivity contribution < 1.29 is 19.0 Å². The zero-order chi connectivity index (χ0) is 23.9. The van der Waals surface area contributed by atoms with Crippen LogP contribution in [0.5, 0.6) is 11.5 Å². The fraction of sp³-hybridized carbons (Fsp3) is 0.154. The number of nitrogens with zero attached hydrogens (tertiary/aromatic N) is 3. The van der Waals surface area contributed by atoms with E-state index >= 15 is 0 Å². The molecule has 0 amide bonds. The zero-order valence-electron chi connectivity index (χ0n) is 19.1. The number of anilines is 2. The first-order valence-electron chi connectivity index (χ1n) is 10.7. The fourth-order valence-electron chi connectivity index (χ4n) is 3.20. The van der Waals surface area contributed by atoms with Crippen LogP contribution in [-0.2, 0) is 4.74 Å². The van der Waals surface area contributed by atoms with Gasteiger partial charge in [-0.05, 0) is 79.7 Å². The molecule has 0 bridgehead atoms. The third-order valence-electron chi connectivity index (χ3n) is 4.98. The van der Waals surface area contributed by atoms with Crippen LogP contribution in [0.2, 0.25) is 0 Å². The topological polar surface area (TPSA) is 95.5 Å². The van der Waals surface area contributed by atoms with E-state index in [0.29, 0.717) is 29.8 Å². The molecule has 8 heteroatoms. The summed E-state index contributed by atoms with van der Waals surface area (Å²) in [7, 11) is 3.24. The third-order valence-corrected chi connectivity index (χ3v) is 4.98. The molecule has 1 heterocycles. The van der Waals surface area contributed by atoms with Gasteiger partial charge in [0.1, 0.15) is 11.5 Å². The molecule has 0 aliphatic heterocycles. The second-order valence-electron chi connectivity index (χ2n) is 7.19. The van der Waals surface area contributed by atoms with Crippen LogP contribution in [0.15, 0.2) is 72.8 Å². The van der Waals surface area contributed by atoms with E-state index in [0.717, 1.165) is 28.3 Å². The summed E-state index contributed by atoms with van der Waals surface area (Å²) in [5.41, 5.74) is 2.83. The molecule has 3 aromatic carbocycles. The van der Waals surface area contributed by atoms with Gasteiger partial charge in [-0.25, -0.2) is 9.78 Å². The van der Waals surface area contributed by atoms with Crippen molar-refractivity contribution in [2.45, 2.75) is 6.92 Å². The van der Waals surface area contributed by atoms with Gasteiger partial charge in [0, 0.05) is 16.8 Å². The molecular formula is C26H24N4O4. The number of rotatable bonds is 8. The van der Waals surface area contributed by atoms with Crippen LogP contribution < -0.4 is 14.8 Å². The molecule has 0 spiro atoms. The van der Waals surface area contributed by atoms with Crippen molar-refractivity contribution in [3.8, 4) is 34.3 Å². The molecule has 0 unspecified atom stereocenters. The Morgan fingerprint density at radius 2 is 1.24 bits per heavy atom. The SMILES string of the molecule is CCOC(=O)c1ccc(Nc2nc(-c3ccc(OC)cc3)nc(-c3ccc(OC)cc3)n2)cc1. The number of carbonyl (C=O) groups excluding carboxylic acids is 1. The van der Waals surface area contributed by atoms with Crippen LogP contribution in [0.25, 0.3) is 22.8 Å². The van der Waals surface area contributed by atoms with Crippen LogP contribution in [0.1, 0.15) is 17.3 Å². The molecule has 0 saturated heterocycles. The van der Waals surface area contributed by atoms with Crippen LogP contribution in [0.4, 0.5) is 11.6 Å². The molecule has 4 rings (SSSR count). The summed E-state index contributed by atoms with van der Waals surface area (Å²) in [6.45, 7) is 2.10. The average molecular weight is 457 g/mol. The average Bonchev–Trinajstić information content (AvgIpc) is 2.89. The first-order chi connectivity index (χ1) is 16.6. The predicted molar refractivity (Wildman–Crippen MR) is 129 cm³/mol. The van der Waals surface area contributed by atoms with E-state index in [1.165, 1.54) is 0 Å². The van der Waals surface area contributed by atoms with Crippen molar-refractivity contribution in [2.75, 3.05) is 26.1 Å². The van der Waals surface area contributed by atoms with Crippen molar-refractivity contribution >= 4 is 17.6 Å². The second-order valence-corrected chi connectivity index (χ2v) is 7.19. The summed E-state index contributed by atoms with van der Waals surface area (Å²) in [5.74, 6) is 2.51. The van der Waals surface area contributed by atoms with Crippen molar-refractivity contribution in [1.82, 2.24) is 15.0 Å². The van der Waals surface area contributed by atoms with Crippen LogP contribution in [0.3, 0.4) is 0 Å². The van der Waals surface area contributed by atoms with Gasteiger partial charge in [0.05, 0.1) is 26.4 Å². The van der Waals surface area contributed by atoms with Crippen molar-refractivity contribution in [2.24, 2.45) is 0 Å². The van der Waals surface area contributed by atoms with Crippen LogP contribution >= 0.6 is 0 Å². The van der Waals surface area contributed by atoms with E-state index in [1.54, 1.807) is 45.4 Å². The maximum atomic E-state index is 11.9. The van der Waals surface area contributed by atoms with Gasteiger partial charge >= 0.3 is 5.97 Å². The molecule has 0 saturated carbocycles. The Bertz CT molecular complexity index is 1190. The number of hydrogen-bond donors (Lipinski definition) is 1. The number of hydrogen-bond acceptors (Lipinski definition) is 8. The Balaban J connectivity index is 1.69.